The van der Waals surface area contributed by atoms with Gasteiger partial charge in [-0.3, -0.25) is 9.69 Å². The van der Waals surface area contributed by atoms with E-state index in [1.807, 2.05) is 6.92 Å². The Morgan fingerprint density at radius 1 is 1.35 bits per heavy atom. The van der Waals surface area contributed by atoms with E-state index in [0.717, 1.165) is 13.1 Å². The Labute approximate surface area is 105 Å². The largest absolute Gasteiger partial charge is 0.466 e. The first-order valence-electron chi connectivity index (χ1n) is 6.75. The summed E-state index contributed by atoms with van der Waals surface area (Å²) in [4.78, 5) is 16.1. The van der Waals surface area contributed by atoms with Crippen molar-refractivity contribution >= 4 is 5.97 Å². The summed E-state index contributed by atoms with van der Waals surface area (Å²) >= 11 is 0. The van der Waals surface area contributed by atoms with E-state index >= 15 is 0 Å². The first-order chi connectivity index (χ1) is 8.17. The smallest absolute Gasteiger partial charge is 0.307 e. The summed E-state index contributed by atoms with van der Waals surface area (Å²) in [7, 11) is 2.17. The zero-order valence-corrected chi connectivity index (χ0v) is 11.4. The highest BCUT2D eigenvalue weighted by molar-refractivity contribution is 5.69. The number of esters is 1. The third kappa shape index (κ3) is 5.04. The average molecular weight is 242 g/mol. The molecule has 0 aromatic carbocycles. The molecule has 0 radical (unpaired) electrons. The highest BCUT2D eigenvalue weighted by atomic mass is 16.5. The molecule has 1 saturated heterocycles. The highest BCUT2D eigenvalue weighted by Crippen LogP contribution is 2.15. The molecule has 0 atom stereocenters. The predicted molar refractivity (Wildman–Crippen MR) is 69.0 cm³/mol. The molecule has 0 aromatic heterocycles. The number of hydrogen-bond acceptors (Lipinski definition) is 4. The zero-order chi connectivity index (χ0) is 12.7. The minimum absolute atomic E-state index is 0.0705. The van der Waals surface area contributed by atoms with E-state index in [1.165, 1.54) is 25.9 Å². The molecule has 4 nitrogen and oxygen atoms in total. The normalized spacial score (nSPS) is 18.6. The fraction of sp³-hybridized carbons (Fsp3) is 0.923. The standard InChI is InChI=1S/C13H26N2O2/c1-4-15(11-8-13(16)17-5-2)12-6-9-14(3)10-7-12/h12H,4-11H2,1-3H3. The quantitative estimate of drug-likeness (QED) is 0.658. The van der Waals surface area contributed by atoms with Gasteiger partial charge in [0.2, 0.25) is 0 Å². The lowest BCUT2D eigenvalue weighted by molar-refractivity contribution is -0.143. The van der Waals surface area contributed by atoms with Gasteiger partial charge in [-0.25, -0.2) is 0 Å². The summed E-state index contributed by atoms with van der Waals surface area (Å²) in [6.07, 6.45) is 2.95. The van der Waals surface area contributed by atoms with Gasteiger partial charge in [0.1, 0.15) is 0 Å². The monoisotopic (exact) mass is 242 g/mol. The van der Waals surface area contributed by atoms with Crippen molar-refractivity contribution in [3.05, 3.63) is 0 Å². The lowest BCUT2D eigenvalue weighted by Crippen LogP contribution is -2.44. The van der Waals surface area contributed by atoms with Gasteiger partial charge in [-0.1, -0.05) is 6.92 Å². The fourth-order valence-corrected chi connectivity index (χ4v) is 2.43. The van der Waals surface area contributed by atoms with Gasteiger partial charge in [0.05, 0.1) is 13.0 Å². The van der Waals surface area contributed by atoms with Crippen LogP contribution in [0.5, 0.6) is 0 Å². The number of ether oxygens (including phenoxy) is 1. The van der Waals surface area contributed by atoms with Crippen LogP contribution < -0.4 is 0 Å². The summed E-state index contributed by atoms with van der Waals surface area (Å²) in [6.45, 7) is 8.70. The maximum absolute atomic E-state index is 11.3. The molecular formula is C13H26N2O2. The number of rotatable bonds is 6. The Balaban J connectivity index is 2.30. The van der Waals surface area contributed by atoms with Crippen LogP contribution in [0, 0.1) is 0 Å². The molecule has 100 valence electrons. The van der Waals surface area contributed by atoms with Gasteiger partial charge in [-0.2, -0.15) is 0 Å². The van der Waals surface area contributed by atoms with Crippen molar-refractivity contribution in [2.24, 2.45) is 0 Å². The second-order valence-corrected chi connectivity index (χ2v) is 4.72. The molecule has 0 unspecified atom stereocenters. The molecule has 0 bridgehead atoms. The van der Waals surface area contributed by atoms with E-state index in [-0.39, 0.29) is 5.97 Å². The molecular weight excluding hydrogens is 216 g/mol. The van der Waals surface area contributed by atoms with Crippen molar-refractivity contribution in [3.63, 3.8) is 0 Å². The van der Waals surface area contributed by atoms with Crippen molar-refractivity contribution in [3.8, 4) is 0 Å². The zero-order valence-electron chi connectivity index (χ0n) is 11.4. The fourth-order valence-electron chi connectivity index (χ4n) is 2.43. The number of carbonyl (C=O) groups is 1. The third-order valence-electron chi connectivity index (χ3n) is 3.52. The van der Waals surface area contributed by atoms with E-state index in [9.17, 15) is 4.79 Å². The molecule has 0 aliphatic carbocycles. The molecule has 4 heteroatoms. The molecule has 1 rings (SSSR count). The Hall–Kier alpha value is -0.610. The van der Waals surface area contributed by atoms with Gasteiger partial charge in [0.25, 0.3) is 0 Å². The minimum atomic E-state index is -0.0705. The van der Waals surface area contributed by atoms with Crippen molar-refractivity contribution < 1.29 is 9.53 Å². The molecule has 1 aliphatic heterocycles. The summed E-state index contributed by atoms with van der Waals surface area (Å²) < 4.78 is 4.97. The van der Waals surface area contributed by atoms with E-state index in [1.54, 1.807) is 0 Å². The SMILES string of the molecule is CCOC(=O)CCN(CC)C1CCN(C)CC1. The Bertz CT molecular complexity index is 225. The van der Waals surface area contributed by atoms with Crippen LogP contribution in [0.4, 0.5) is 0 Å². The maximum Gasteiger partial charge on any atom is 0.307 e. The molecule has 1 aliphatic rings. The molecule has 0 amide bonds. The van der Waals surface area contributed by atoms with Crippen LogP contribution in [0.15, 0.2) is 0 Å². The van der Waals surface area contributed by atoms with Crippen LogP contribution in [0.3, 0.4) is 0 Å². The van der Waals surface area contributed by atoms with E-state index in [2.05, 4.69) is 23.8 Å². The predicted octanol–water partition coefficient (Wildman–Crippen LogP) is 1.36. The summed E-state index contributed by atoms with van der Waals surface area (Å²) in [5, 5.41) is 0. The first kappa shape index (κ1) is 14.5. The average Bonchev–Trinajstić information content (AvgIpc) is 2.32. The lowest BCUT2D eigenvalue weighted by Gasteiger charge is -2.36. The summed E-state index contributed by atoms with van der Waals surface area (Å²) in [5.41, 5.74) is 0. The topological polar surface area (TPSA) is 32.8 Å². The first-order valence-corrected chi connectivity index (χ1v) is 6.75. The molecule has 17 heavy (non-hydrogen) atoms. The van der Waals surface area contributed by atoms with Gasteiger partial charge in [0, 0.05) is 12.6 Å². The molecule has 0 N–H and O–H groups in total. The number of likely N-dealkylation sites (tertiary alicyclic amines) is 1. The number of piperidine rings is 1. The molecule has 0 saturated carbocycles. The highest BCUT2D eigenvalue weighted by Gasteiger charge is 2.22. The van der Waals surface area contributed by atoms with E-state index in [4.69, 9.17) is 4.74 Å². The number of nitrogens with zero attached hydrogens (tertiary/aromatic N) is 2. The summed E-state index contributed by atoms with van der Waals surface area (Å²) in [5.74, 6) is -0.0705. The van der Waals surface area contributed by atoms with Crippen LogP contribution in [-0.4, -0.2) is 61.6 Å². The van der Waals surface area contributed by atoms with Gasteiger partial charge >= 0.3 is 5.97 Å². The van der Waals surface area contributed by atoms with Crippen LogP contribution in [-0.2, 0) is 9.53 Å². The maximum atomic E-state index is 11.3. The van der Waals surface area contributed by atoms with E-state index in [0.29, 0.717) is 19.1 Å². The van der Waals surface area contributed by atoms with Crippen LogP contribution in [0.2, 0.25) is 0 Å². The van der Waals surface area contributed by atoms with Crippen LogP contribution in [0.1, 0.15) is 33.1 Å². The lowest BCUT2D eigenvalue weighted by atomic mass is 10.0. The summed E-state index contributed by atoms with van der Waals surface area (Å²) in [6, 6.07) is 0.644. The van der Waals surface area contributed by atoms with Gasteiger partial charge < -0.3 is 9.64 Å². The van der Waals surface area contributed by atoms with Gasteiger partial charge in [0.15, 0.2) is 0 Å². The van der Waals surface area contributed by atoms with Crippen molar-refractivity contribution in [1.29, 1.82) is 0 Å². The molecule has 0 aromatic rings. The Morgan fingerprint density at radius 3 is 2.53 bits per heavy atom. The molecule has 1 fully saturated rings. The van der Waals surface area contributed by atoms with Gasteiger partial charge in [-0.05, 0) is 46.4 Å². The third-order valence-corrected chi connectivity index (χ3v) is 3.52. The van der Waals surface area contributed by atoms with Gasteiger partial charge in [-0.15, -0.1) is 0 Å². The van der Waals surface area contributed by atoms with Crippen LogP contribution >= 0.6 is 0 Å². The van der Waals surface area contributed by atoms with Crippen molar-refractivity contribution in [2.75, 3.05) is 39.8 Å². The van der Waals surface area contributed by atoms with Crippen molar-refractivity contribution in [2.45, 2.75) is 39.2 Å². The second kappa shape index (κ2) is 7.67. The van der Waals surface area contributed by atoms with Crippen molar-refractivity contribution in [1.82, 2.24) is 9.80 Å². The van der Waals surface area contributed by atoms with E-state index < -0.39 is 0 Å². The van der Waals surface area contributed by atoms with Crippen LogP contribution in [0.25, 0.3) is 0 Å². The molecule has 1 heterocycles. The second-order valence-electron chi connectivity index (χ2n) is 4.72. The minimum Gasteiger partial charge on any atom is -0.466 e. The molecule has 0 spiro atoms. The number of carbonyl (C=O) groups excluding carboxylic acids is 1. The number of hydrogen-bond donors (Lipinski definition) is 0. The Kier molecular flexibility index (Phi) is 6.52. The Morgan fingerprint density at radius 2 is 2.00 bits per heavy atom.